The molecule has 0 aromatic carbocycles. The van der Waals surface area contributed by atoms with Crippen molar-refractivity contribution in [3.63, 3.8) is 0 Å². The predicted octanol–water partition coefficient (Wildman–Crippen LogP) is 2.25. The topological polar surface area (TPSA) is 74.5 Å². The van der Waals surface area contributed by atoms with Crippen molar-refractivity contribution in [1.82, 2.24) is 10.6 Å². The molecule has 0 saturated heterocycles. The molecular formula is C14H24N2O3. The summed E-state index contributed by atoms with van der Waals surface area (Å²) >= 11 is 0. The van der Waals surface area contributed by atoms with Crippen LogP contribution in [-0.4, -0.2) is 23.3 Å². The van der Waals surface area contributed by atoms with E-state index in [1.54, 1.807) is 0 Å². The average molecular weight is 268 g/mol. The lowest BCUT2D eigenvalue weighted by Crippen LogP contribution is -2.45. The first kappa shape index (κ1) is 15.6. The van der Waals surface area contributed by atoms with Gasteiger partial charge in [0, 0.05) is 18.7 Å². The van der Waals surface area contributed by atoms with Crippen molar-refractivity contribution >= 4 is 6.03 Å². The van der Waals surface area contributed by atoms with Gasteiger partial charge >= 0.3 is 6.03 Å². The zero-order valence-electron chi connectivity index (χ0n) is 12.2. The van der Waals surface area contributed by atoms with Crippen LogP contribution in [0.2, 0.25) is 0 Å². The van der Waals surface area contributed by atoms with E-state index in [2.05, 4.69) is 10.6 Å². The van der Waals surface area contributed by atoms with Crippen LogP contribution < -0.4 is 10.6 Å². The predicted molar refractivity (Wildman–Crippen MR) is 74.0 cm³/mol. The van der Waals surface area contributed by atoms with Gasteiger partial charge in [-0.3, -0.25) is 0 Å². The van der Waals surface area contributed by atoms with Gasteiger partial charge in [-0.25, -0.2) is 4.79 Å². The maximum atomic E-state index is 11.6. The van der Waals surface area contributed by atoms with Gasteiger partial charge in [-0.1, -0.05) is 13.8 Å². The molecule has 0 saturated carbocycles. The second-order valence-electron chi connectivity index (χ2n) is 4.91. The highest BCUT2D eigenvalue weighted by Gasteiger charge is 2.22. The molecule has 1 aromatic heterocycles. The zero-order chi connectivity index (χ0) is 14.5. The highest BCUT2D eigenvalue weighted by molar-refractivity contribution is 5.73. The quantitative estimate of drug-likeness (QED) is 0.740. The fraction of sp³-hybridized carbons (Fsp3) is 0.643. The largest absolute Gasteiger partial charge is 0.466 e. The van der Waals surface area contributed by atoms with Gasteiger partial charge < -0.3 is 20.2 Å². The van der Waals surface area contributed by atoms with Crippen molar-refractivity contribution in [2.45, 2.75) is 52.7 Å². The van der Waals surface area contributed by atoms with E-state index in [1.165, 1.54) is 0 Å². The first-order valence-corrected chi connectivity index (χ1v) is 6.70. The van der Waals surface area contributed by atoms with Crippen LogP contribution >= 0.6 is 0 Å². The van der Waals surface area contributed by atoms with E-state index in [1.807, 2.05) is 33.8 Å². The summed E-state index contributed by atoms with van der Waals surface area (Å²) in [4.78, 5) is 11.6. The second-order valence-corrected chi connectivity index (χ2v) is 4.91. The van der Waals surface area contributed by atoms with Crippen molar-refractivity contribution in [2.75, 3.05) is 6.54 Å². The molecule has 5 heteroatoms. The molecule has 0 bridgehead atoms. The van der Waals surface area contributed by atoms with E-state index in [4.69, 9.17) is 4.42 Å². The van der Waals surface area contributed by atoms with Crippen LogP contribution in [0.4, 0.5) is 4.79 Å². The second kappa shape index (κ2) is 6.61. The lowest BCUT2D eigenvalue weighted by molar-refractivity contribution is 0.0349. The SMILES string of the molecule is CCC(O)(CC)CNC(=O)NCc1cc(C)oc1C. The maximum Gasteiger partial charge on any atom is 0.315 e. The number of nitrogens with one attached hydrogen (secondary N) is 2. The third-order valence-electron chi connectivity index (χ3n) is 3.48. The van der Waals surface area contributed by atoms with Gasteiger partial charge in [0.05, 0.1) is 5.60 Å². The highest BCUT2D eigenvalue weighted by atomic mass is 16.3. The smallest absolute Gasteiger partial charge is 0.315 e. The van der Waals surface area contributed by atoms with E-state index in [0.717, 1.165) is 17.1 Å². The molecule has 2 amide bonds. The Morgan fingerprint density at radius 3 is 2.42 bits per heavy atom. The van der Waals surface area contributed by atoms with Crippen molar-refractivity contribution in [1.29, 1.82) is 0 Å². The van der Waals surface area contributed by atoms with Crippen LogP contribution in [0.15, 0.2) is 10.5 Å². The van der Waals surface area contributed by atoms with Crippen LogP contribution in [-0.2, 0) is 6.54 Å². The van der Waals surface area contributed by atoms with Gasteiger partial charge in [0.2, 0.25) is 0 Å². The summed E-state index contributed by atoms with van der Waals surface area (Å²) in [6, 6.07) is 1.63. The van der Waals surface area contributed by atoms with Gasteiger partial charge in [-0.05, 0) is 32.8 Å². The number of carbonyl (C=O) groups excluding carboxylic acids is 1. The number of furan rings is 1. The molecule has 3 N–H and O–H groups in total. The first-order valence-electron chi connectivity index (χ1n) is 6.70. The molecule has 108 valence electrons. The number of carbonyl (C=O) groups is 1. The normalized spacial score (nSPS) is 11.4. The monoisotopic (exact) mass is 268 g/mol. The Labute approximate surface area is 114 Å². The number of urea groups is 1. The van der Waals surface area contributed by atoms with Crippen LogP contribution in [0.25, 0.3) is 0 Å². The Morgan fingerprint density at radius 2 is 1.95 bits per heavy atom. The van der Waals surface area contributed by atoms with Crippen molar-refractivity contribution < 1.29 is 14.3 Å². The molecule has 0 aliphatic carbocycles. The Kier molecular flexibility index (Phi) is 5.42. The average Bonchev–Trinajstić information content (AvgIpc) is 2.72. The Balaban J connectivity index is 2.38. The molecule has 0 unspecified atom stereocenters. The summed E-state index contributed by atoms with van der Waals surface area (Å²) in [6.45, 7) is 8.23. The zero-order valence-corrected chi connectivity index (χ0v) is 12.2. The molecule has 19 heavy (non-hydrogen) atoms. The van der Waals surface area contributed by atoms with Crippen LogP contribution in [0.5, 0.6) is 0 Å². The lowest BCUT2D eigenvalue weighted by Gasteiger charge is -2.25. The summed E-state index contributed by atoms with van der Waals surface area (Å²) in [6.07, 6.45) is 1.23. The molecule has 1 rings (SSSR count). The van der Waals surface area contributed by atoms with Gasteiger partial charge in [-0.2, -0.15) is 0 Å². The van der Waals surface area contributed by atoms with Gasteiger partial charge in [0.25, 0.3) is 0 Å². The molecule has 0 spiro atoms. The van der Waals surface area contributed by atoms with Crippen molar-refractivity contribution in [2.24, 2.45) is 0 Å². The van der Waals surface area contributed by atoms with E-state index in [9.17, 15) is 9.90 Å². The number of rotatable bonds is 6. The summed E-state index contributed by atoms with van der Waals surface area (Å²) in [5, 5.41) is 15.5. The Bertz CT molecular complexity index is 422. The fourth-order valence-corrected chi connectivity index (χ4v) is 1.84. The molecule has 5 nitrogen and oxygen atoms in total. The molecule has 1 aromatic rings. The molecule has 0 radical (unpaired) electrons. The molecule has 0 atom stereocenters. The van der Waals surface area contributed by atoms with E-state index >= 15 is 0 Å². The number of aryl methyl sites for hydroxylation is 2. The number of hydrogen-bond donors (Lipinski definition) is 3. The van der Waals surface area contributed by atoms with Crippen LogP contribution in [0.3, 0.4) is 0 Å². The van der Waals surface area contributed by atoms with Gasteiger partial charge in [-0.15, -0.1) is 0 Å². The Hall–Kier alpha value is -1.49. The summed E-state index contributed by atoms with van der Waals surface area (Å²) in [7, 11) is 0. The molecule has 0 aliphatic heterocycles. The molecule has 0 aliphatic rings. The molecular weight excluding hydrogens is 244 g/mol. The molecule has 1 heterocycles. The van der Waals surface area contributed by atoms with Crippen LogP contribution in [0.1, 0.15) is 43.8 Å². The number of aliphatic hydroxyl groups is 1. The molecule has 0 fully saturated rings. The summed E-state index contributed by atoms with van der Waals surface area (Å²) in [5.41, 5.74) is 0.147. The number of hydrogen-bond acceptors (Lipinski definition) is 3. The third kappa shape index (κ3) is 4.59. The fourth-order valence-electron chi connectivity index (χ4n) is 1.84. The Morgan fingerprint density at radius 1 is 1.32 bits per heavy atom. The number of amides is 2. The first-order chi connectivity index (χ1) is 8.90. The van der Waals surface area contributed by atoms with Gasteiger partial charge in [0.15, 0.2) is 0 Å². The third-order valence-corrected chi connectivity index (χ3v) is 3.48. The van der Waals surface area contributed by atoms with Crippen molar-refractivity contribution in [3.05, 3.63) is 23.2 Å². The summed E-state index contributed by atoms with van der Waals surface area (Å²) in [5.74, 6) is 1.65. The maximum absolute atomic E-state index is 11.6. The van der Waals surface area contributed by atoms with Crippen LogP contribution in [0, 0.1) is 13.8 Å². The minimum absolute atomic E-state index is 0.259. The minimum Gasteiger partial charge on any atom is -0.466 e. The summed E-state index contributed by atoms with van der Waals surface area (Å²) < 4.78 is 5.38. The van der Waals surface area contributed by atoms with E-state index in [0.29, 0.717) is 19.4 Å². The highest BCUT2D eigenvalue weighted by Crippen LogP contribution is 2.14. The van der Waals surface area contributed by atoms with E-state index < -0.39 is 5.60 Å². The van der Waals surface area contributed by atoms with E-state index in [-0.39, 0.29) is 12.6 Å². The van der Waals surface area contributed by atoms with Gasteiger partial charge in [0.1, 0.15) is 11.5 Å². The van der Waals surface area contributed by atoms with Crippen molar-refractivity contribution in [3.8, 4) is 0 Å². The standard InChI is InChI=1S/C14H24N2O3/c1-5-14(18,6-2)9-16-13(17)15-8-12-7-10(3)19-11(12)4/h7,18H,5-6,8-9H2,1-4H3,(H2,15,16,17). The lowest BCUT2D eigenvalue weighted by atomic mass is 9.98. The minimum atomic E-state index is -0.820.